The molecule has 0 fully saturated rings. The van der Waals surface area contributed by atoms with Crippen LogP contribution in [0.5, 0.6) is 0 Å². The maximum Gasteiger partial charge on any atom is 0.161 e. The van der Waals surface area contributed by atoms with Crippen LogP contribution >= 0.6 is 11.6 Å². The number of benzene rings is 2. The third-order valence-corrected chi connectivity index (χ3v) is 5.09. The lowest BCUT2D eigenvalue weighted by molar-refractivity contribution is 0.0285. The molecule has 7 heteroatoms. The Kier molecular flexibility index (Phi) is 9.00. The van der Waals surface area contributed by atoms with Gasteiger partial charge in [-0.05, 0) is 43.7 Å². The molecule has 1 aromatic heterocycles. The van der Waals surface area contributed by atoms with Crippen molar-refractivity contribution in [1.82, 2.24) is 15.3 Å². The number of nitrogens with zero attached hydrogens (tertiary/aromatic N) is 2. The number of aryl methyl sites for hydroxylation is 1. The molecule has 1 atom stereocenters. The zero-order valence-electron chi connectivity index (χ0n) is 18.8. The summed E-state index contributed by atoms with van der Waals surface area (Å²) in [5.74, 6) is 1.85. The Labute approximate surface area is 195 Å². The molecule has 0 amide bonds. The Morgan fingerprint density at radius 3 is 2.41 bits per heavy atom. The average Bonchev–Trinajstić information content (AvgIpc) is 2.77. The van der Waals surface area contributed by atoms with E-state index >= 15 is 0 Å². The summed E-state index contributed by atoms with van der Waals surface area (Å²) in [7, 11) is 0. The maximum atomic E-state index is 10.2. The van der Waals surface area contributed by atoms with E-state index in [2.05, 4.69) is 24.5 Å². The van der Waals surface area contributed by atoms with Crippen LogP contribution in [0.25, 0.3) is 11.4 Å². The molecule has 0 spiro atoms. The summed E-state index contributed by atoms with van der Waals surface area (Å²) in [4.78, 5) is 9.48. The molecular formula is C25H31ClN4O2. The lowest BCUT2D eigenvalue weighted by Crippen LogP contribution is -2.32. The second-order valence-corrected chi connectivity index (χ2v) is 8.62. The van der Waals surface area contributed by atoms with E-state index in [0.29, 0.717) is 29.1 Å². The van der Waals surface area contributed by atoms with E-state index in [1.165, 1.54) is 0 Å². The first-order valence-corrected chi connectivity index (χ1v) is 11.2. The molecule has 0 radical (unpaired) electrons. The van der Waals surface area contributed by atoms with E-state index < -0.39 is 6.10 Å². The largest absolute Gasteiger partial charge is 0.389 e. The summed E-state index contributed by atoms with van der Waals surface area (Å²) in [6.45, 7) is 8.08. The number of hydrogen-bond donors (Lipinski definition) is 3. The van der Waals surface area contributed by atoms with Crippen molar-refractivity contribution in [1.29, 1.82) is 0 Å². The lowest BCUT2D eigenvalue weighted by atomic mass is 10.1. The summed E-state index contributed by atoms with van der Waals surface area (Å²) in [6.07, 6.45) is -0.578. The van der Waals surface area contributed by atoms with E-state index in [4.69, 9.17) is 26.3 Å². The van der Waals surface area contributed by atoms with Crippen LogP contribution in [-0.2, 0) is 11.3 Å². The first-order chi connectivity index (χ1) is 15.4. The van der Waals surface area contributed by atoms with Gasteiger partial charge in [0.15, 0.2) is 5.82 Å². The van der Waals surface area contributed by atoms with E-state index in [-0.39, 0.29) is 13.2 Å². The van der Waals surface area contributed by atoms with Gasteiger partial charge in [0.05, 0.1) is 19.3 Å². The second kappa shape index (κ2) is 11.9. The van der Waals surface area contributed by atoms with E-state index in [1.54, 1.807) is 0 Å². The molecule has 3 aromatic rings. The standard InChI is InChI=1S/C25H31ClN4O2/c1-17(2)13-27-14-22(31)15-32-16-23-18(3)28-24(19-7-5-4-6-8-19)30-25(23)29-21-11-9-20(26)10-12-21/h4-12,17,22,27,31H,13-16H2,1-3H3,(H,28,29,30). The number of rotatable bonds is 11. The van der Waals surface area contributed by atoms with Crippen molar-refractivity contribution >= 4 is 23.1 Å². The summed E-state index contributed by atoms with van der Waals surface area (Å²) in [5, 5.41) is 17.5. The van der Waals surface area contributed by atoms with Crippen molar-refractivity contribution in [2.45, 2.75) is 33.5 Å². The fraction of sp³-hybridized carbons (Fsp3) is 0.360. The number of nitrogens with one attached hydrogen (secondary N) is 2. The smallest absolute Gasteiger partial charge is 0.161 e. The van der Waals surface area contributed by atoms with Gasteiger partial charge in [0.25, 0.3) is 0 Å². The molecule has 0 saturated heterocycles. The minimum atomic E-state index is -0.578. The Bertz CT molecular complexity index is 981. The molecule has 6 nitrogen and oxygen atoms in total. The molecule has 0 aliphatic carbocycles. The van der Waals surface area contributed by atoms with Crippen LogP contribution < -0.4 is 10.6 Å². The van der Waals surface area contributed by atoms with Crippen molar-refractivity contribution in [2.24, 2.45) is 5.92 Å². The normalized spacial score (nSPS) is 12.2. The second-order valence-electron chi connectivity index (χ2n) is 8.18. The monoisotopic (exact) mass is 454 g/mol. The van der Waals surface area contributed by atoms with E-state index in [0.717, 1.165) is 29.1 Å². The fourth-order valence-corrected chi connectivity index (χ4v) is 3.28. The molecular weight excluding hydrogens is 424 g/mol. The third kappa shape index (κ3) is 7.28. The van der Waals surface area contributed by atoms with Crippen LogP contribution in [0.3, 0.4) is 0 Å². The first-order valence-electron chi connectivity index (χ1n) is 10.8. The molecule has 0 saturated carbocycles. The van der Waals surface area contributed by atoms with Crippen molar-refractivity contribution < 1.29 is 9.84 Å². The molecule has 3 N–H and O–H groups in total. The highest BCUT2D eigenvalue weighted by molar-refractivity contribution is 6.30. The van der Waals surface area contributed by atoms with Gasteiger partial charge in [-0.3, -0.25) is 0 Å². The molecule has 0 aliphatic rings. The fourth-order valence-electron chi connectivity index (χ4n) is 3.15. The molecule has 2 aromatic carbocycles. The molecule has 1 unspecified atom stereocenters. The lowest BCUT2D eigenvalue weighted by Gasteiger charge is -2.17. The average molecular weight is 455 g/mol. The topological polar surface area (TPSA) is 79.3 Å². The number of anilines is 2. The van der Waals surface area contributed by atoms with Crippen molar-refractivity contribution in [3.8, 4) is 11.4 Å². The molecule has 32 heavy (non-hydrogen) atoms. The van der Waals surface area contributed by atoms with Crippen molar-refractivity contribution in [2.75, 3.05) is 25.0 Å². The number of aliphatic hydroxyl groups is 1. The number of aromatic nitrogens is 2. The van der Waals surface area contributed by atoms with Crippen LogP contribution in [0.2, 0.25) is 5.02 Å². The van der Waals surface area contributed by atoms with Gasteiger partial charge in [-0.25, -0.2) is 9.97 Å². The quantitative estimate of drug-likeness (QED) is 0.379. The van der Waals surface area contributed by atoms with Crippen LogP contribution in [0.4, 0.5) is 11.5 Å². The predicted molar refractivity (Wildman–Crippen MR) is 130 cm³/mol. The predicted octanol–water partition coefficient (Wildman–Crippen LogP) is 4.97. The van der Waals surface area contributed by atoms with Gasteiger partial charge in [-0.2, -0.15) is 0 Å². The Hall–Kier alpha value is -2.51. The number of aliphatic hydroxyl groups excluding tert-OH is 1. The van der Waals surface area contributed by atoms with Gasteiger partial charge in [0.2, 0.25) is 0 Å². The zero-order valence-corrected chi connectivity index (χ0v) is 19.6. The summed E-state index contributed by atoms with van der Waals surface area (Å²) >= 11 is 6.03. The number of halogens is 1. The first kappa shape index (κ1) is 24.1. The molecule has 0 bridgehead atoms. The van der Waals surface area contributed by atoms with Gasteiger partial charge >= 0.3 is 0 Å². The number of ether oxygens (including phenoxy) is 1. The van der Waals surface area contributed by atoms with Crippen molar-refractivity contribution in [3.05, 3.63) is 70.9 Å². The number of hydrogen-bond acceptors (Lipinski definition) is 6. The zero-order chi connectivity index (χ0) is 22.9. The molecule has 1 heterocycles. The SMILES string of the molecule is Cc1nc(-c2ccccc2)nc(Nc2ccc(Cl)cc2)c1COCC(O)CNCC(C)C. The van der Waals surface area contributed by atoms with Crippen LogP contribution in [0.1, 0.15) is 25.1 Å². The van der Waals surface area contributed by atoms with Gasteiger partial charge in [-0.1, -0.05) is 55.8 Å². The van der Waals surface area contributed by atoms with Gasteiger partial charge in [-0.15, -0.1) is 0 Å². The highest BCUT2D eigenvalue weighted by Crippen LogP contribution is 2.26. The van der Waals surface area contributed by atoms with Gasteiger partial charge in [0, 0.05) is 34.1 Å². The summed E-state index contributed by atoms with van der Waals surface area (Å²) < 4.78 is 5.83. The Morgan fingerprint density at radius 1 is 1.00 bits per heavy atom. The Balaban J connectivity index is 1.76. The van der Waals surface area contributed by atoms with Crippen LogP contribution in [0.15, 0.2) is 54.6 Å². The Morgan fingerprint density at radius 2 is 1.72 bits per heavy atom. The molecule has 170 valence electrons. The minimum absolute atomic E-state index is 0.228. The van der Waals surface area contributed by atoms with E-state index in [9.17, 15) is 5.11 Å². The highest BCUT2D eigenvalue weighted by Gasteiger charge is 2.15. The third-order valence-electron chi connectivity index (χ3n) is 4.84. The van der Waals surface area contributed by atoms with Crippen LogP contribution in [-0.4, -0.2) is 40.9 Å². The molecule has 0 aliphatic heterocycles. The van der Waals surface area contributed by atoms with Gasteiger partial charge < -0.3 is 20.5 Å². The minimum Gasteiger partial charge on any atom is -0.389 e. The summed E-state index contributed by atoms with van der Waals surface area (Å²) in [6, 6.07) is 17.3. The molecule has 3 rings (SSSR count). The highest BCUT2D eigenvalue weighted by atomic mass is 35.5. The maximum absolute atomic E-state index is 10.2. The van der Waals surface area contributed by atoms with Crippen molar-refractivity contribution in [3.63, 3.8) is 0 Å². The van der Waals surface area contributed by atoms with Crippen LogP contribution in [0, 0.1) is 12.8 Å². The van der Waals surface area contributed by atoms with E-state index in [1.807, 2.05) is 61.5 Å². The van der Waals surface area contributed by atoms with Gasteiger partial charge in [0.1, 0.15) is 5.82 Å². The summed E-state index contributed by atoms with van der Waals surface area (Å²) in [5.41, 5.74) is 3.48.